The second-order valence-corrected chi connectivity index (χ2v) is 8.72. The van der Waals surface area contributed by atoms with Gasteiger partial charge in [0.1, 0.15) is 18.2 Å². The van der Waals surface area contributed by atoms with Crippen LogP contribution < -0.4 is 10.1 Å². The van der Waals surface area contributed by atoms with Crippen molar-refractivity contribution < 1.29 is 13.9 Å². The van der Waals surface area contributed by atoms with Crippen LogP contribution in [0, 0.1) is 5.82 Å². The highest BCUT2D eigenvalue weighted by molar-refractivity contribution is 7.15. The molecule has 0 fully saturated rings. The van der Waals surface area contributed by atoms with Crippen molar-refractivity contribution in [3.63, 3.8) is 0 Å². The molecule has 0 spiro atoms. The Morgan fingerprint density at radius 1 is 0.971 bits per heavy atom. The number of nitrogens with zero attached hydrogens (tertiary/aromatic N) is 2. The Hall–Kier alpha value is -3.97. The van der Waals surface area contributed by atoms with E-state index >= 15 is 0 Å². The average molecular weight is 472 g/mol. The Morgan fingerprint density at radius 3 is 2.50 bits per heavy atom. The summed E-state index contributed by atoms with van der Waals surface area (Å²) in [6.07, 6.45) is 2.13. The van der Waals surface area contributed by atoms with Crippen LogP contribution in [0.2, 0.25) is 0 Å². The molecule has 0 atom stereocenters. The lowest BCUT2D eigenvalue weighted by molar-refractivity contribution is -0.120. The number of amides is 1. The number of benzene rings is 3. The van der Waals surface area contributed by atoms with Crippen molar-refractivity contribution >= 4 is 22.2 Å². The molecule has 5 nitrogen and oxygen atoms in total. The minimum Gasteiger partial charge on any atom is -0.489 e. The number of hydrogen-bond acceptors (Lipinski definition) is 4. The maximum absolute atomic E-state index is 13.2. The van der Waals surface area contributed by atoms with Gasteiger partial charge in [-0.25, -0.2) is 9.37 Å². The number of imidazole rings is 1. The summed E-state index contributed by atoms with van der Waals surface area (Å²) in [5, 5.41) is 4.91. The van der Waals surface area contributed by atoms with E-state index in [-0.39, 0.29) is 18.1 Å². The quantitative estimate of drug-likeness (QED) is 0.319. The summed E-state index contributed by atoms with van der Waals surface area (Å²) >= 11 is 1.48. The molecule has 7 heteroatoms. The highest BCUT2D eigenvalue weighted by Gasteiger charge is 2.13. The molecule has 0 bridgehead atoms. The first-order valence-electron chi connectivity index (χ1n) is 10.9. The minimum absolute atomic E-state index is 0.0684. The second-order valence-electron chi connectivity index (χ2n) is 7.88. The molecule has 0 aliphatic rings. The molecule has 5 aromatic rings. The van der Waals surface area contributed by atoms with Crippen molar-refractivity contribution in [1.82, 2.24) is 14.7 Å². The fraction of sp³-hybridized carbons (Fsp3) is 0.111. The molecule has 0 aliphatic heterocycles. The van der Waals surface area contributed by atoms with Crippen LogP contribution in [0.4, 0.5) is 4.39 Å². The summed E-state index contributed by atoms with van der Waals surface area (Å²) in [5.74, 6) is 0.439. The Labute approximate surface area is 200 Å². The average Bonchev–Trinajstić information content (AvgIpc) is 3.45. The van der Waals surface area contributed by atoms with E-state index in [9.17, 15) is 9.18 Å². The monoisotopic (exact) mass is 471 g/mol. The third-order valence-electron chi connectivity index (χ3n) is 5.43. The van der Waals surface area contributed by atoms with Gasteiger partial charge in [-0.15, -0.1) is 11.3 Å². The zero-order chi connectivity index (χ0) is 23.3. The Balaban J connectivity index is 1.16. The lowest BCUT2D eigenvalue weighted by Gasteiger charge is -2.08. The first-order chi connectivity index (χ1) is 16.6. The zero-order valence-corrected chi connectivity index (χ0v) is 19.1. The van der Waals surface area contributed by atoms with Crippen molar-refractivity contribution in [1.29, 1.82) is 0 Å². The number of carbonyl (C=O) groups is 1. The molecule has 0 radical (unpaired) electrons. The summed E-state index contributed by atoms with van der Waals surface area (Å²) in [6.45, 7) is 0.957. The molecule has 2 heterocycles. The number of nitrogens with one attached hydrogen (secondary N) is 1. The van der Waals surface area contributed by atoms with Crippen LogP contribution in [0.15, 0.2) is 90.4 Å². The summed E-state index contributed by atoms with van der Waals surface area (Å²) < 4.78 is 20.9. The van der Waals surface area contributed by atoms with Crippen molar-refractivity contribution in [2.75, 3.05) is 0 Å². The summed E-state index contributed by atoms with van der Waals surface area (Å²) in [7, 11) is 0. The number of hydrogen-bond donors (Lipinski definition) is 1. The van der Waals surface area contributed by atoms with Gasteiger partial charge in [-0.05, 0) is 47.5 Å². The van der Waals surface area contributed by atoms with Crippen LogP contribution in [-0.4, -0.2) is 15.3 Å². The van der Waals surface area contributed by atoms with E-state index in [2.05, 4.69) is 10.3 Å². The fourth-order valence-electron chi connectivity index (χ4n) is 3.59. The predicted octanol–water partition coefficient (Wildman–Crippen LogP) is 5.64. The molecule has 0 aliphatic carbocycles. The predicted molar refractivity (Wildman–Crippen MR) is 131 cm³/mol. The maximum atomic E-state index is 13.2. The molecule has 0 saturated carbocycles. The summed E-state index contributed by atoms with van der Waals surface area (Å²) in [6, 6.07) is 24.0. The SMILES string of the molecule is O=C(Cc1csc2nc(-c3ccc(F)cc3)cn12)NCc1ccc(OCc2ccccc2)cc1. The van der Waals surface area contributed by atoms with E-state index in [0.717, 1.165) is 38.8 Å². The van der Waals surface area contributed by atoms with Crippen LogP contribution in [0.25, 0.3) is 16.2 Å². The third-order valence-corrected chi connectivity index (χ3v) is 6.32. The van der Waals surface area contributed by atoms with Crippen molar-refractivity contribution in [3.8, 4) is 17.0 Å². The van der Waals surface area contributed by atoms with Crippen LogP contribution in [-0.2, 0) is 24.4 Å². The van der Waals surface area contributed by atoms with E-state index in [1.165, 1.54) is 23.5 Å². The van der Waals surface area contributed by atoms with Crippen LogP contribution in [0.3, 0.4) is 0 Å². The van der Waals surface area contributed by atoms with Gasteiger partial charge in [0.2, 0.25) is 5.91 Å². The highest BCUT2D eigenvalue weighted by Crippen LogP contribution is 2.24. The van der Waals surface area contributed by atoms with E-state index in [4.69, 9.17) is 4.74 Å². The van der Waals surface area contributed by atoms with Crippen molar-refractivity contribution in [2.24, 2.45) is 0 Å². The molecule has 2 aromatic heterocycles. The number of carbonyl (C=O) groups excluding carboxylic acids is 1. The van der Waals surface area contributed by atoms with Gasteiger partial charge in [-0.1, -0.05) is 42.5 Å². The standard InChI is InChI=1S/C27H22FN3O2S/c28-22-10-8-21(9-11-22)25-16-31-23(18-34-27(31)30-25)14-26(32)29-15-19-6-12-24(13-7-19)33-17-20-4-2-1-3-5-20/h1-13,16,18H,14-15,17H2,(H,29,32). The number of thiazole rings is 1. The van der Waals surface area contributed by atoms with Gasteiger partial charge in [0.15, 0.2) is 4.96 Å². The van der Waals surface area contributed by atoms with Gasteiger partial charge < -0.3 is 10.1 Å². The molecule has 0 unspecified atom stereocenters. The first-order valence-corrected chi connectivity index (χ1v) is 11.8. The molecule has 3 aromatic carbocycles. The molecule has 34 heavy (non-hydrogen) atoms. The van der Waals surface area contributed by atoms with Gasteiger partial charge in [-0.2, -0.15) is 0 Å². The molecule has 1 amide bonds. The topological polar surface area (TPSA) is 55.6 Å². The number of rotatable bonds is 8. The van der Waals surface area contributed by atoms with Gasteiger partial charge in [0, 0.05) is 29.4 Å². The van der Waals surface area contributed by atoms with E-state index in [0.29, 0.717) is 13.2 Å². The van der Waals surface area contributed by atoms with Gasteiger partial charge in [0.25, 0.3) is 0 Å². The number of ether oxygens (including phenoxy) is 1. The number of aromatic nitrogens is 2. The molecule has 170 valence electrons. The van der Waals surface area contributed by atoms with E-state index in [1.807, 2.05) is 70.6 Å². The van der Waals surface area contributed by atoms with Crippen molar-refractivity contribution in [2.45, 2.75) is 19.6 Å². The lowest BCUT2D eigenvalue weighted by atomic mass is 10.2. The molecule has 1 N–H and O–H groups in total. The smallest absolute Gasteiger partial charge is 0.226 e. The normalized spacial score (nSPS) is 11.0. The Morgan fingerprint density at radius 2 is 1.74 bits per heavy atom. The van der Waals surface area contributed by atoms with Crippen LogP contribution in [0.5, 0.6) is 5.75 Å². The first kappa shape index (κ1) is 21.9. The Bertz CT molecular complexity index is 1390. The van der Waals surface area contributed by atoms with Crippen LogP contribution >= 0.6 is 11.3 Å². The largest absolute Gasteiger partial charge is 0.489 e. The highest BCUT2D eigenvalue weighted by atomic mass is 32.1. The summed E-state index contributed by atoms with van der Waals surface area (Å²) in [5.41, 5.74) is 4.57. The molecular weight excluding hydrogens is 449 g/mol. The lowest BCUT2D eigenvalue weighted by Crippen LogP contribution is -2.24. The Kier molecular flexibility index (Phi) is 6.35. The van der Waals surface area contributed by atoms with E-state index < -0.39 is 0 Å². The zero-order valence-electron chi connectivity index (χ0n) is 18.3. The minimum atomic E-state index is -0.281. The van der Waals surface area contributed by atoms with Gasteiger partial charge in [0.05, 0.1) is 12.1 Å². The number of fused-ring (bicyclic) bond motifs is 1. The maximum Gasteiger partial charge on any atom is 0.226 e. The second kappa shape index (κ2) is 9.89. The van der Waals surface area contributed by atoms with Crippen molar-refractivity contribution in [3.05, 3.63) is 113 Å². The summed E-state index contributed by atoms with van der Waals surface area (Å²) in [4.78, 5) is 18.0. The van der Waals surface area contributed by atoms with Crippen LogP contribution in [0.1, 0.15) is 16.8 Å². The van der Waals surface area contributed by atoms with Gasteiger partial charge in [-0.3, -0.25) is 9.20 Å². The molecular formula is C27H22FN3O2S. The fourth-order valence-corrected chi connectivity index (χ4v) is 4.46. The third kappa shape index (κ3) is 5.15. The molecule has 5 rings (SSSR count). The number of halogens is 1. The van der Waals surface area contributed by atoms with E-state index in [1.54, 1.807) is 12.1 Å². The van der Waals surface area contributed by atoms with Gasteiger partial charge >= 0.3 is 0 Å². The molecule has 0 saturated heterocycles.